The van der Waals surface area contributed by atoms with Gasteiger partial charge in [0.2, 0.25) is 0 Å². The molecule has 0 aromatic heterocycles. The average Bonchev–Trinajstić information content (AvgIpc) is 2.93. The fraction of sp³-hybridized carbons (Fsp3) is 0.529. The molecule has 0 spiro atoms. The Labute approximate surface area is 148 Å². The monoisotopic (exact) mass is 368 g/mol. The van der Waals surface area contributed by atoms with Crippen molar-refractivity contribution in [2.45, 2.75) is 26.3 Å². The third kappa shape index (κ3) is 5.45. The van der Waals surface area contributed by atoms with E-state index in [9.17, 15) is 18.0 Å². The molecule has 25 heavy (non-hydrogen) atoms. The van der Waals surface area contributed by atoms with Crippen LogP contribution in [0.3, 0.4) is 0 Å². The number of hydrogen-bond acceptors (Lipinski definition) is 5. The second-order valence-corrected chi connectivity index (χ2v) is 8.19. The van der Waals surface area contributed by atoms with Gasteiger partial charge in [-0.2, -0.15) is 0 Å². The van der Waals surface area contributed by atoms with Gasteiger partial charge in [0.15, 0.2) is 16.4 Å². The summed E-state index contributed by atoms with van der Waals surface area (Å²) in [4.78, 5) is 25.8. The van der Waals surface area contributed by atoms with Crippen LogP contribution in [-0.2, 0) is 14.6 Å². The first-order valence-corrected chi connectivity index (χ1v) is 10.2. The van der Waals surface area contributed by atoms with Gasteiger partial charge in [0.1, 0.15) is 5.75 Å². The molecule has 1 aromatic rings. The predicted molar refractivity (Wildman–Crippen MR) is 94.4 cm³/mol. The highest BCUT2D eigenvalue weighted by Crippen LogP contribution is 2.14. The normalized spacial score (nSPS) is 18.6. The highest BCUT2D eigenvalue weighted by Gasteiger charge is 2.28. The number of amides is 2. The van der Waals surface area contributed by atoms with Crippen molar-refractivity contribution in [3.63, 3.8) is 0 Å². The summed E-state index contributed by atoms with van der Waals surface area (Å²) < 4.78 is 28.1. The zero-order chi connectivity index (χ0) is 18.4. The van der Waals surface area contributed by atoms with Crippen molar-refractivity contribution in [1.82, 2.24) is 10.2 Å². The molecule has 0 saturated carbocycles. The van der Waals surface area contributed by atoms with Gasteiger partial charge < -0.3 is 15.0 Å². The summed E-state index contributed by atoms with van der Waals surface area (Å²) >= 11 is 0. The Morgan fingerprint density at radius 3 is 2.36 bits per heavy atom. The molecule has 2 amide bonds. The number of carbonyl (C=O) groups excluding carboxylic acids is 2. The van der Waals surface area contributed by atoms with E-state index < -0.39 is 9.84 Å². The number of sulfone groups is 1. The SMILES string of the molecule is CCN(CC)C(=O)c1ccc(OCC(=O)NC2CCS(=O)(=O)C2)cc1. The highest BCUT2D eigenvalue weighted by atomic mass is 32.2. The highest BCUT2D eigenvalue weighted by molar-refractivity contribution is 7.91. The first-order valence-electron chi connectivity index (χ1n) is 8.36. The van der Waals surface area contributed by atoms with Gasteiger partial charge in [-0.3, -0.25) is 9.59 Å². The van der Waals surface area contributed by atoms with Crippen molar-refractivity contribution in [2.75, 3.05) is 31.2 Å². The molecule has 1 aliphatic heterocycles. The van der Waals surface area contributed by atoms with E-state index in [1.807, 2.05) is 13.8 Å². The fourth-order valence-corrected chi connectivity index (χ4v) is 4.39. The number of nitrogens with one attached hydrogen (secondary N) is 1. The summed E-state index contributed by atoms with van der Waals surface area (Å²) in [6.07, 6.45) is 0.441. The Hall–Kier alpha value is -2.09. The summed E-state index contributed by atoms with van der Waals surface area (Å²) in [6, 6.07) is 6.28. The molecular weight excluding hydrogens is 344 g/mol. The van der Waals surface area contributed by atoms with E-state index in [2.05, 4.69) is 5.32 Å². The van der Waals surface area contributed by atoms with Crippen LogP contribution in [0.15, 0.2) is 24.3 Å². The third-order valence-corrected chi connectivity index (χ3v) is 5.89. The van der Waals surface area contributed by atoms with Crippen LogP contribution in [0.25, 0.3) is 0 Å². The van der Waals surface area contributed by atoms with E-state index in [4.69, 9.17) is 4.74 Å². The van der Waals surface area contributed by atoms with Gasteiger partial charge in [-0.1, -0.05) is 0 Å². The van der Waals surface area contributed by atoms with Crippen LogP contribution in [0, 0.1) is 0 Å². The molecule has 0 bridgehead atoms. The molecule has 0 aliphatic carbocycles. The Kier molecular flexibility index (Phi) is 6.41. The fourth-order valence-electron chi connectivity index (χ4n) is 2.71. The minimum atomic E-state index is -3.02. The van der Waals surface area contributed by atoms with Crippen molar-refractivity contribution in [3.8, 4) is 5.75 Å². The molecule has 1 heterocycles. The standard InChI is InChI=1S/C17H24N2O5S/c1-3-19(4-2)17(21)13-5-7-15(8-6-13)24-11-16(20)18-14-9-10-25(22,23)12-14/h5-8,14H,3-4,9-12H2,1-2H3,(H,18,20). The maximum absolute atomic E-state index is 12.2. The predicted octanol–water partition coefficient (Wildman–Crippen LogP) is 0.851. The molecule has 0 radical (unpaired) electrons. The largest absolute Gasteiger partial charge is 0.484 e. The summed E-state index contributed by atoms with van der Waals surface area (Å²) in [5, 5.41) is 2.66. The molecule has 8 heteroatoms. The van der Waals surface area contributed by atoms with Crippen LogP contribution in [0.1, 0.15) is 30.6 Å². The van der Waals surface area contributed by atoms with Crippen LogP contribution >= 0.6 is 0 Å². The molecule has 1 N–H and O–H groups in total. The lowest BCUT2D eigenvalue weighted by Gasteiger charge is -2.18. The van der Waals surface area contributed by atoms with Gasteiger partial charge in [0.05, 0.1) is 11.5 Å². The lowest BCUT2D eigenvalue weighted by molar-refractivity contribution is -0.123. The van der Waals surface area contributed by atoms with E-state index in [1.54, 1.807) is 29.2 Å². The van der Waals surface area contributed by atoms with Crippen molar-refractivity contribution in [1.29, 1.82) is 0 Å². The van der Waals surface area contributed by atoms with Gasteiger partial charge in [0.25, 0.3) is 11.8 Å². The first-order chi connectivity index (χ1) is 11.8. The molecule has 138 valence electrons. The summed E-state index contributed by atoms with van der Waals surface area (Å²) in [6.45, 7) is 4.94. The van der Waals surface area contributed by atoms with E-state index >= 15 is 0 Å². The smallest absolute Gasteiger partial charge is 0.258 e. The lowest BCUT2D eigenvalue weighted by Crippen LogP contribution is -2.38. The van der Waals surface area contributed by atoms with E-state index in [0.717, 1.165) is 0 Å². The molecule has 1 aromatic carbocycles. The Bertz CT molecular complexity index is 711. The van der Waals surface area contributed by atoms with Crippen LogP contribution in [0.2, 0.25) is 0 Å². The number of hydrogen-bond donors (Lipinski definition) is 1. The zero-order valence-corrected chi connectivity index (χ0v) is 15.3. The number of carbonyl (C=O) groups is 2. The average molecular weight is 368 g/mol. The van der Waals surface area contributed by atoms with Gasteiger partial charge in [-0.05, 0) is 44.5 Å². The second kappa shape index (κ2) is 8.33. The Balaban J connectivity index is 1.83. The topological polar surface area (TPSA) is 92.8 Å². The van der Waals surface area contributed by atoms with Crippen LogP contribution < -0.4 is 10.1 Å². The molecule has 1 aliphatic rings. The second-order valence-electron chi connectivity index (χ2n) is 5.96. The van der Waals surface area contributed by atoms with Crippen molar-refractivity contribution in [2.24, 2.45) is 0 Å². The van der Waals surface area contributed by atoms with Crippen LogP contribution in [0.4, 0.5) is 0 Å². The van der Waals surface area contributed by atoms with E-state index in [0.29, 0.717) is 30.8 Å². The zero-order valence-electron chi connectivity index (χ0n) is 14.5. The van der Waals surface area contributed by atoms with E-state index in [1.165, 1.54) is 0 Å². The molecule has 1 saturated heterocycles. The molecular formula is C17H24N2O5S. The minimum Gasteiger partial charge on any atom is -0.484 e. The summed E-state index contributed by atoms with van der Waals surface area (Å²) in [7, 11) is -3.02. The maximum Gasteiger partial charge on any atom is 0.258 e. The number of nitrogens with zero attached hydrogens (tertiary/aromatic N) is 1. The third-order valence-electron chi connectivity index (χ3n) is 4.12. The van der Waals surface area contributed by atoms with Gasteiger partial charge in [-0.15, -0.1) is 0 Å². The Morgan fingerprint density at radius 2 is 1.84 bits per heavy atom. The molecule has 7 nitrogen and oxygen atoms in total. The number of ether oxygens (including phenoxy) is 1. The van der Waals surface area contributed by atoms with Gasteiger partial charge in [0, 0.05) is 24.7 Å². The van der Waals surface area contributed by atoms with Crippen molar-refractivity contribution >= 4 is 21.7 Å². The summed E-state index contributed by atoms with van der Waals surface area (Å²) in [5.74, 6) is 0.175. The molecule has 1 atom stereocenters. The minimum absolute atomic E-state index is 0.0130. The quantitative estimate of drug-likeness (QED) is 0.770. The van der Waals surface area contributed by atoms with E-state index in [-0.39, 0.29) is 36.0 Å². The van der Waals surface area contributed by atoms with Crippen LogP contribution in [0.5, 0.6) is 5.75 Å². The lowest BCUT2D eigenvalue weighted by atomic mass is 10.2. The van der Waals surface area contributed by atoms with Gasteiger partial charge in [-0.25, -0.2) is 8.42 Å². The summed E-state index contributed by atoms with van der Waals surface area (Å²) in [5.41, 5.74) is 0.566. The number of benzene rings is 1. The molecule has 1 fully saturated rings. The van der Waals surface area contributed by atoms with Gasteiger partial charge >= 0.3 is 0 Å². The first kappa shape index (κ1) is 19.2. The van der Waals surface area contributed by atoms with Crippen molar-refractivity contribution < 1.29 is 22.7 Å². The number of rotatable bonds is 7. The molecule has 1 unspecified atom stereocenters. The Morgan fingerprint density at radius 1 is 1.20 bits per heavy atom. The molecule has 2 rings (SSSR count). The maximum atomic E-state index is 12.2. The van der Waals surface area contributed by atoms with Crippen LogP contribution in [-0.4, -0.2) is 62.4 Å². The van der Waals surface area contributed by atoms with Crippen molar-refractivity contribution in [3.05, 3.63) is 29.8 Å².